The molecule has 98 valence electrons. The minimum Gasteiger partial charge on any atom is -0.369 e. The highest BCUT2D eigenvalue weighted by Gasteiger charge is 2.25. The molecule has 2 rings (SSSR count). The minimum atomic E-state index is -0.246. The van der Waals surface area contributed by atoms with E-state index in [9.17, 15) is 9.59 Å². The maximum Gasteiger partial charge on any atom is 0.222 e. The fourth-order valence-corrected chi connectivity index (χ4v) is 2.76. The van der Waals surface area contributed by atoms with Crippen molar-refractivity contribution in [3.8, 4) is 0 Å². The van der Waals surface area contributed by atoms with E-state index < -0.39 is 0 Å². The summed E-state index contributed by atoms with van der Waals surface area (Å²) in [6.07, 6.45) is 2.57. The number of hydrogen-bond acceptors (Lipinski definition) is 4. The molecule has 6 heteroatoms. The summed E-state index contributed by atoms with van der Waals surface area (Å²) in [7, 11) is 0. The maximum absolute atomic E-state index is 12.0. The topological polar surface area (TPSA) is 76.3 Å². The van der Waals surface area contributed by atoms with Crippen LogP contribution in [-0.4, -0.2) is 34.8 Å². The zero-order valence-corrected chi connectivity index (χ0v) is 11.0. The number of aromatic nitrogens is 1. The summed E-state index contributed by atoms with van der Waals surface area (Å²) in [6, 6.07) is 0. The van der Waals surface area contributed by atoms with Gasteiger partial charge in [0.15, 0.2) is 0 Å². The molecular weight excluding hydrogens is 250 g/mol. The van der Waals surface area contributed by atoms with Gasteiger partial charge in [0.25, 0.3) is 0 Å². The molecule has 1 saturated heterocycles. The lowest BCUT2D eigenvalue weighted by atomic mass is 9.96. The van der Waals surface area contributed by atoms with Gasteiger partial charge in [-0.1, -0.05) is 0 Å². The summed E-state index contributed by atoms with van der Waals surface area (Å²) in [5.74, 6) is -0.164. The molecule has 0 spiro atoms. The Morgan fingerprint density at radius 1 is 1.44 bits per heavy atom. The molecule has 1 aromatic heterocycles. The van der Waals surface area contributed by atoms with Crippen molar-refractivity contribution in [2.24, 2.45) is 11.7 Å². The van der Waals surface area contributed by atoms with E-state index in [0.29, 0.717) is 38.8 Å². The Labute approximate surface area is 110 Å². The number of rotatable bonds is 4. The van der Waals surface area contributed by atoms with E-state index in [1.807, 2.05) is 10.3 Å². The van der Waals surface area contributed by atoms with E-state index in [2.05, 4.69) is 4.98 Å². The highest BCUT2D eigenvalue weighted by Crippen LogP contribution is 2.17. The van der Waals surface area contributed by atoms with Crippen LogP contribution in [0.15, 0.2) is 10.9 Å². The van der Waals surface area contributed by atoms with Gasteiger partial charge in [0.05, 0.1) is 11.2 Å². The summed E-state index contributed by atoms with van der Waals surface area (Å²) in [5, 5.41) is 1.96. The molecule has 1 aliphatic rings. The number of piperidine rings is 1. The van der Waals surface area contributed by atoms with E-state index in [1.165, 1.54) is 0 Å². The van der Waals surface area contributed by atoms with Crippen LogP contribution in [0.2, 0.25) is 0 Å². The Bertz CT molecular complexity index is 411. The molecule has 2 heterocycles. The average molecular weight is 267 g/mol. The number of hydrogen-bond donors (Lipinski definition) is 1. The van der Waals surface area contributed by atoms with Crippen molar-refractivity contribution in [2.45, 2.75) is 25.7 Å². The van der Waals surface area contributed by atoms with Gasteiger partial charge in [-0.2, -0.15) is 0 Å². The number of thiazole rings is 1. The summed E-state index contributed by atoms with van der Waals surface area (Å²) >= 11 is 1.54. The fourth-order valence-electron chi connectivity index (χ4n) is 2.17. The molecule has 0 aliphatic carbocycles. The van der Waals surface area contributed by atoms with Crippen molar-refractivity contribution < 1.29 is 9.59 Å². The third-order valence-electron chi connectivity index (χ3n) is 3.33. The zero-order chi connectivity index (χ0) is 13.0. The van der Waals surface area contributed by atoms with Gasteiger partial charge in [-0.3, -0.25) is 9.59 Å². The zero-order valence-electron chi connectivity index (χ0n) is 10.2. The molecule has 1 fully saturated rings. The lowest BCUT2D eigenvalue weighted by Crippen LogP contribution is -2.41. The SMILES string of the molecule is NC(=O)C1CCN(C(=O)CCc2cscn2)CC1. The number of nitrogens with zero attached hydrogens (tertiary/aromatic N) is 2. The third kappa shape index (κ3) is 3.29. The molecule has 1 aromatic rings. The number of carbonyl (C=O) groups is 2. The van der Waals surface area contributed by atoms with Gasteiger partial charge in [-0.15, -0.1) is 11.3 Å². The van der Waals surface area contributed by atoms with E-state index in [1.54, 1.807) is 16.8 Å². The van der Waals surface area contributed by atoms with Crippen LogP contribution in [0.3, 0.4) is 0 Å². The summed E-state index contributed by atoms with van der Waals surface area (Å²) in [6.45, 7) is 1.28. The predicted octanol–water partition coefficient (Wildman–Crippen LogP) is 0.800. The summed E-state index contributed by atoms with van der Waals surface area (Å²) in [4.78, 5) is 29.0. The second kappa shape index (κ2) is 5.95. The van der Waals surface area contributed by atoms with Crippen LogP contribution in [0.5, 0.6) is 0 Å². The van der Waals surface area contributed by atoms with Crippen LogP contribution in [0.25, 0.3) is 0 Å². The van der Waals surface area contributed by atoms with Crippen molar-refractivity contribution in [2.75, 3.05) is 13.1 Å². The quantitative estimate of drug-likeness (QED) is 0.876. The van der Waals surface area contributed by atoms with Crippen molar-refractivity contribution in [3.63, 3.8) is 0 Å². The monoisotopic (exact) mass is 267 g/mol. The van der Waals surface area contributed by atoms with Crippen LogP contribution in [0.1, 0.15) is 25.0 Å². The average Bonchev–Trinajstić information content (AvgIpc) is 2.89. The number of primary amides is 1. The molecule has 2 amide bonds. The molecule has 0 radical (unpaired) electrons. The fraction of sp³-hybridized carbons (Fsp3) is 0.583. The standard InChI is InChI=1S/C12H17N3O2S/c13-12(17)9-3-5-15(6-4-9)11(16)2-1-10-7-18-8-14-10/h7-9H,1-6H2,(H2,13,17). The van der Waals surface area contributed by atoms with E-state index in [0.717, 1.165) is 5.69 Å². The first kappa shape index (κ1) is 13.0. The Morgan fingerprint density at radius 3 is 2.72 bits per heavy atom. The Balaban J connectivity index is 1.75. The first-order valence-electron chi connectivity index (χ1n) is 6.11. The minimum absolute atomic E-state index is 0.0624. The van der Waals surface area contributed by atoms with E-state index in [4.69, 9.17) is 5.73 Å². The first-order chi connectivity index (χ1) is 8.66. The second-order valence-electron chi connectivity index (χ2n) is 4.54. The lowest BCUT2D eigenvalue weighted by molar-refractivity contribution is -0.134. The normalized spacial score (nSPS) is 16.8. The maximum atomic E-state index is 12.0. The molecule has 2 N–H and O–H groups in total. The van der Waals surface area contributed by atoms with Crippen LogP contribution < -0.4 is 5.73 Å². The predicted molar refractivity (Wildman–Crippen MR) is 68.9 cm³/mol. The highest BCUT2D eigenvalue weighted by atomic mass is 32.1. The van der Waals surface area contributed by atoms with Crippen molar-refractivity contribution in [3.05, 3.63) is 16.6 Å². The highest BCUT2D eigenvalue weighted by molar-refractivity contribution is 7.07. The molecule has 5 nitrogen and oxygen atoms in total. The molecule has 1 aliphatic heterocycles. The molecule has 0 aromatic carbocycles. The Morgan fingerprint density at radius 2 is 2.17 bits per heavy atom. The number of amides is 2. The third-order valence-corrected chi connectivity index (χ3v) is 3.96. The van der Waals surface area contributed by atoms with Crippen molar-refractivity contribution in [1.29, 1.82) is 0 Å². The smallest absolute Gasteiger partial charge is 0.222 e. The second-order valence-corrected chi connectivity index (χ2v) is 5.26. The van der Waals surface area contributed by atoms with Gasteiger partial charge in [0.1, 0.15) is 0 Å². The molecule has 0 bridgehead atoms. The largest absolute Gasteiger partial charge is 0.369 e. The summed E-state index contributed by atoms with van der Waals surface area (Å²) < 4.78 is 0. The number of aryl methyl sites for hydroxylation is 1. The molecule has 18 heavy (non-hydrogen) atoms. The van der Waals surface area contributed by atoms with Crippen LogP contribution in [0.4, 0.5) is 0 Å². The van der Waals surface area contributed by atoms with Crippen molar-refractivity contribution in [1.82, 2.24) is 9.88 Å². The van der Waals surface area contributed by atoms with Gasteiger partial charge >= 0.3 is 0 Å². The van der Waals surface area contributed by atoms with Gasteiger partial charge in [0, 0.05) is 30.8 Å². The Hall–Kier alpha value is -1.43. The summed E-state index contributed by atoms with van der Waals surface area (Å²) in [5.41, 5.74) is 8.01. The van der Waals surface area contributed by atoms with E-state index >= 15 is 0 Å². The van der Waals surface area contributed by atoms with Crippen LogP contribution >= 0.6 is 11.3 Å². The molecular formula is C12H17N3O2S. The first-order valence-corrected chi connectivity index (χ1v) is 7.05. The molecule has 0 unspecified atom stereocenters. The van der Waals surface area contributed by atoms with Gasteiger partial charge in [-0.25, -0.2) is 4.98 Å². The van der Waals surface area contributed by atoms with Gasteiger partial charge < -0.3 is 10.6 Å². The number of carbonyl (C=O) groups excluding carboxylic acids is 2. The van der Waals surface area contributed by atoms with E-state index in [-0.39, 0.29) is 17.7 Å². The number of nitrogens with two attached hydrogens (primary N) is 1. The number of likely N-dealkylation sites (tertiary alicyclic amines) is 1. The van der Waals surface area contributed by atoms with Crippen molar-refractivity contribution >= 4 is 23.2 Å². The van der Waals surface area contributed by atoms with Gasteiger partial charge in [-0.05, 0) is 19.3 Å². The van der Waals surface area contributed by atoms with Crippen LogP contribution in [0, 0.1) is 5.92 Å². The molecule has 0 saturated carbocycles. The van der Waals surface area contributed by atoms with Crippen LogP contribution in [-0.2, 0) is 16.0 Å². The lowest BCUT2D eigenvalue weighted by Gasteiger charge is -2.30. The Kier molecular flexibility index (Phi) is 4.30. The van der Waals surface area contributed by atoms with Gasteiger partial charge in [0.2, 0.25) is 11.8 Å². The molecule has 0 atom stereocenters.